The molecule has 2 heterocycles. The molecular weight excluding hydrogens is 202 g/mol. The molecule has 2 aromatic rings. The number of rotatable bonds is 0. The van der Waals surface area contributed by atoms with Crippen molar-refractivity contribution in [1.29, 1.82) is 0 Å². The SMILES string of the molecule is Brc1cc[n+]2ccccc2c1. The second kappa shape index (κ2) is 2.62. The van der Waals surface area contributed by atoms with Gasteiger partial charge in [0.05, 0.1) is 0 Å². The summed E-state index contributed by atoms with van der Waals surface area (Å²) in [6.45, 7) is 0. The Kier molecular flexibility index (Phi) is 1.62. The molecule has 2 heteroatoms. The predicted molar refractivity (Wildman–Crippen MR) is 47.3 cm³/mol. The number of fused-ring (bicyclic) bond motifs is 1. The average Bonchev–Trinajstić information content (AvgIpc) is 2.04. The van der Waals surface area contributed by atoms with E-state index in [1.54, 1.807) is 0 Å². The average molecular weight is 209 g/mol. The number of halogens is 1. The molecule has 0 bridgehead atoms. The first-order valence-electron chi connectivity index (χ1n) is 3.42. The standard InChI is InChI=1S/C9H7BrN/c10-8-4-6-11-5-2-1-3-9(11)7-8/h1-7H/q+1. The van der Waals surface area contributed by atoms with Crippen molar-refractivity contribution < 1.29 is 4.40 Å². The van der Waals surface area contributed by atoms with Crippen LogP contribution in [0.2, 0.25) is 0 Å². The third kappa shape index (κ3) is 1.26. The van der Waals surface area contributed by atoms with Gasteiger partial charge in [0.25, 0.3) is 0 Å². The Morgan fingerprint density at radius 2 is 2.00 bits per heavy atom. The number of nitrogens with zero attached hydrogens (tertiary/aromatic N) is 1. The van der Waals surface area contributed by atoms with E-state index in [2.05, 4.69) is 32.5 Å². The Morgan fingerprint density at radius 1 is 1.09 bits per heavy atom. The normalized spacial score (nSPS) is 10.3. The van der Waals surface area contributed by atoms with Crippen LogP contribution in [0.15, 0.2) is 47.2 Å². The summed E-state index contributed by atoms with van der Waals surface area (Å²) >= 11 is 3.42. The zero-order valence-electron chi connectivity index (χ0n) is 5.87. The van der Waals surface area contributed by atoms with Crippen molar-refractivity contribution in [3.05, 3.63) is 47.2 Å². The maximum Gasteiger partial charge on any atom is 0.211 e. The predicted octanol–water partition coefficient (Wildman–Crippen LogP) is 2.19. The minimum Gasteiger partial charge on any atom is -0.167 e. The lowest BCUT2D eigenvalue weighted by molar-refractivity contribution is -0.512. The molecule has 0 atom stereocenters. The summed E-state index contributed by atoms with van der Waals surface area (Å²) in [5.41, 5.74) is 1.20. The molecule has 0 aliphatic heterocycles. The Balaban J connectivity index is 2.83. The molecule has 0 amide bonds. The first-order chi connectivity index (χ1) is 5.36. The maximum absolute atomic E-state index is 3.42. The number of hydrogen-bond acceptors (Lipinski definition) is 0. The van der Waals surface area contributed by atoms with Crippen molar-refractivity contribution in [3.63, 3.8) is 0 Å². The van der Waals surface area contributed by atoms with Gasteiger partial charge in [0.15, 0.2) is 12.4 Å². The van der Waals surface area contributed by atoms with Crippen molar-refractivity contribution in [2.24, 2.45) is 0 Å². The molecule has 0 spiro atoms. The Hall–Kier alpha value is -0.890. The van der Waals surface area contributed by atoms with Crippen molar-refractivity contribution >= 4 is 21.4 Å². The van der Waals surface area contributed by atoms with E-state index in [0.717, 1.165) is 4.47 Å². The maximum atomic E-state index is 3.42. The Morgan fingerprint density at radius 3 is 2.91 bits per heavy atom. The third-order valence-electron chi connectivity index (χ3n) is 1.60. The van der Waals surface area contributed by atoms with Gasteiger partial charge in [0, 0.05) is 28.7 Å². The first kappa shape index (κ1) is 6.80. The minimum atomic E-state index is 1.11. The Bertz CT molecular complexity index is 384. The summed E-state index contributed by atoms with van der Waals surface area (Å²) in [5, 5.41) is 0. The van der Waals surface area contributed by atoms with Crippen LogP contribution in [0.1, 0.15) is 0 Å². The fourth-order valence-electron chi connectivity index (χ4n) is 1.07. The molecule has 0 aliphatic rings. The smallest absolute Gasteiger partial charge is 0.167 e. The van der Waals surface area contributed by atoms with Crippen LogP contribution in [0.5, 0.6) is 0 Å². The van der Waals surface area contributed by atoms with E-state index < -0.39 is 0 Å². The summed E-state index contributed by atoms with van der Waals surface area (Å²) in [6.07, 6.45) is 4.06. The van der Waals surface area contributed by atoms with E-state index in [9.17, 15) is 0 Å². The lowest BCUT2D eigenvalue weighted by Crippen LogP contribution is -2.19. The lowest BCUT2D eigenvalue weighted by atomic mass is 10.3. The first-order valence-corrected chi connectivity index (χ1v) is 4.21. The highest BCUT2D eigenvalue weighted by atomic mass is 79.9. The number of pyridine rings is 2. The van der Waals surface area contributed by atoms with Gasteiger partial charge in [0.2, 0.25) is 5.52 Å². The zero-order chi connectivity index (χ0) is 7.68. The van der Waals surface area contributed by atoms with Crippen molar-refractivity contribution in [1.82, 2.24) is 0 Å². The zero-order valence-corrected chi connectivity index (χ0v) is 7.45. The molecule has 2 aromatic heterocycles. The lowest BCUT2D eigenvalue weighted by Gasteiger charge is -1.89. The quantitative estimate of drug-likeness (QED) is 0.585. The minimum absolute atomic E-state index is 1.11. The van der Waals surface area contributed by atoms with E-state index in [1.165, 1.54) is 5.52 Å². The fraction of sp³-hybridized carbons (Fsp3) is 0. The molecule has 1 nitrogen and oxygen atoms in total. The number of hydrogen-bond donors (Lipinski definition) is 0. The van der Waals surface area contributed by atoms with Crippen molar-refractivity contribution in [3.8, 4) is 0 Å². The van der Waals surface area contributed by atoms with Crippen LogP contribution in [0.4, 0.5) is 0 Å². The molecular formula is C9H7BrN+. The largest absolute Gasteiger partial charge is 0.211 e. The highest BCUT2D eigenvalue weighted by Gasteiger charge is 1.98. The molecule has 0 unspecified atom stereocenters. The summed E-state index contributed by atoms with van der Waals surface area (Å²) in [6, 6.07) is 10.2. The highest BCUT2D eigenvalue weighted by Crippen LogP contribution is 2.08. The molecule has 54 valence electrons. The van der Waals surface area contributed by atoms with Gasteiger partial charge in [-0.15, -0.1) is 0 Å². The van der Waals surface area contributed by atoms with Gasteiger partial charge in [-0.1, -0.05) is 15.9 Å². The molecule has 0 saturated heterocycles. The van der Waals surface area contributed by atoms with E-state index >= 15 is 0 Å². The molecule has 0 aliphatic carbocycles. The van der Waals surface area contributed by atoms with Gasteiger partial charge < -0.3 is 0 Å². The van der Waals surface area contributed by atoms with Gasteiger partial charge in [-0.25, -0.2) is 0 Å². The van der Waals surface area contributed by atoms with Crippen LogP contribution < -0.4 is 4.40 Å². The molecule has 0 fully saturated rings. The van der Waals surface area contributed by atoms with Gasteiger partial charge in [-0.3, -0.25) is 0 Å². The van der Waals surface area contributed by atoms with E-state index in [1.807, 2.05) is 30.6 Å². The van der Waals surface area contributed by atoms with Crippen molar-refractivity contribution in [2.75, 3.05) is 0 Å². The molecule has 0 N–H and O–H groups in total. The topological polar surface area (TPSA) is 4.10 Å². The molecule has 11 heavy (non-hydrogen) atoms. The molecule has 2 rings (SSSR count). The molecule has 0 saturated carbocycles. The summed E-state index contributed by atoms with van der Waals surface area (Å²) in [7, 11) is 0. The molecule has 0 radical (unpaired) electrons. The van der Waals surface area contributed by atoms with Crippen LogP contribution >= 0.6 is 15.9 Å². The summed E-state index contributed by atoms with van der Waals surface area (Å²) < 4.78 is 3.19. The van der Waals surface area contributed by atoms with E-state index in [-0.39, 0.29) is 0 Å². The summed E-state index contributed by atoms with van der Waals surface area (Å²) in [4.78, 5) is 0. The van der Waals surface area contributed by atoms with Crippen LogP contribution in [0.3, 0.4) is 0 Å². The second-order valence-corrected chi connectivity index (χ2v) is 3.29. The second-order valence-electron chi connectivity index (χ2n) is 2.38. The van der Waals surface area contributed by atoms with E-state index in [0.29, 0.717) is 0 Å². The van der Waals surface area contributed by atoms with Crippen LogP contribution in [-0.2, 0) is 0 Å². The van der Waals surface area contributed by atoms with Gasteiger partial charge in [-0.2, -0.15) is 4.40 Å². The monoisotopic (exact) mass is 208 g/mol. The van der Waals surface area contributed by atoms with Crippen LogP contribution in [-0.4, -0.2) is 0 Å². The van der Waals surface area contributed by atoms with E-state index in [4.69, 9.17) is 0 Å². The molecule has 0 aromatic carbocycles. The highest BCUT2D eigenvalue weighted by molar-refractivity contribution is 9.10. The van der Waals surface area contributed by atoms with Gasteiger partial charge in [0.1, 0.15) is 0 Å². The summed E-state index contributed by atoms with van der Waals surface area (Å²) in [5.74, 6) is 0. The van der Waals surface area contributed by atoms with Crippen LogP contribution in [0.25, 0.3) is 5.52 Å². The van der Waals surface area contributed by atoms with Gasteiger partial charge in [-0.05, 0) is 6.07 Å². The Labute approximate surface area is 73.4 Å². The van der Waals surface area contributed by atoms with Gasteiger partial charge >= 0.3 is 0 Å². The fourth-order valence-corrected chi connectivity index (χ4v) is 1.42. The number of aromatic nitrogens is 1. The van der Waals surface area contributed by atoms with Crippen LogP contribution in [0, 0.1) is 0 Å². The van der Waals surface area contributed by atoms with Crippen molar-refractivity contribution in [2.45, 2.75) is 0 Å². The third-order valence-corrected chi connectivity index (χ3v) is 2.10.